The lowest BCUT2D eigenvalue weighted by molar-refractivity contribution is -0.384. The lowest BCUT2D eigenvalue weighted by Crippen LogP contribution is -2.24. The minimum atomic E-state index is -1.02. The number of hydrogen-bond acceptors (Lipinski definition) is 5. The highest BCUT2D eigenvalue weighted by Gasteiger charge is 2.30. The fourth-order valence-electron chi connectivity index (χ4n) is 2.07. The van der Waals surface area contributed by atoms with Gasteiger partial charge in [0.15, 0.2) is 6.10 Å². The van der Waals surface area contributed by atoms with E-state index in [1.165, 1.54) is 0 Å². The summed E-state index contributed by atoms with van der Waals surface area (Å²) < 4.78 is 18.4. The Kier molecular flexibility index (Phi) is 4.14. The van der Waals surface area contributed by atoms with Gasteiger partial charge in [0.1, 0.15) is 11.5 Å². The van der Waals surface area contributed by atoms with Crippen LogP contribution in [0, 0.1) is 15.9 Å². The van der Waals surface area contributed by atoms with Gasteiger partial charge in [-0.15, -0.1) is 0 Å². The second kappa shape index (κ2) is 5.83. The maximum atomic E-state index is 13.1. The summed E-state index contributed by atoms with van der Waals surface area (Å²) in [7, 11) is 0. The third kappa shape index (κ3) is 3.21. The molecule has 0 aromatic heterocycles. The number of benzene rings is 1. The largest absolute Gasteiger partial charge is 0.479 e. The van der Waals surface area contributed by atoms with E-state index in [0.29, 0.717) is 12.8 Å². The summed E-state index contributed by atoms with van der Waals surface area (Å²) in [5.41, 5.74) is -0.184. The summed E-state index contributed by atoms with van der Waals surface area (Å²) in [4.78, 5) is 20.9. The Hall–Kier alpha value is -2.22. The number of hydrogen-bond donors (Lipinski definition) is 2. The van der Waals surface area contributed by atoms with Gasteiger partial charge < -0.3 is 15.2 Å². The molecule has 8 heteroatoms. The van der Waals surface area contributed by atoms with Crippen LogP contribution in [-0.2, 0) is 9.53 Å². The summed E-state index contributed by atoms with van der Waals surface area (Å²) in [5, 5.41) is 22.3. The van der Waals surface area contributed by atoms with Crippen LogP contribution in [0.1, 0.15) is 12.8 Å². The van der Waals surface area contributed by atoms with E-state index < -0.39 is 22.8 Å². The molecule has 1 aromatic carbocycles. The molecule has 0 spiro atoms. The van der Waals surface area contributed by atoms with Gasteiger partial charge >= 0.3 is 5.97 Å². The van der Waals surface area contributed by atoms with Gasteiger partial charge in [0.25, 0.3) is 5.69 Å². The third-order valence-corrected chi connectivity index (χ3v) is 3.06. The fourth-order valence-corrected chi connectivity index (χ4v) is 2.07. The molecule has 2 rings (SSSR count). The van der Waals surface area contributed by atoms with Crippen LogP contribution < -0.4 is 5.32 Å². The molecule has 1 aromatic rings. The van der Waals surface area contributed by atoms with Crippen molar-refractivity contribution in [1.82, 2.24) is 0 Å². The smallest absolute Gasteiger partial charge is 0.332 e. The molecule has 0 radical (unpaired) electrons. The van der Waals surface area contributed by atoms with Gasteiger partial charge in [-0.05, 0) is 18.9 Å². The summed E-state index contributed by atoms with van der Waals surface area (Å²) in [6.07, 6.45) is -0.275. The van der Waals surface area contributed by atoms with Crippen LogP contribution in [0.15, 0.2) is 18.2 Å². The van der Waals surface area contributed by atoms with Crippen LogP contribution in [0.3, 0.4) is 0 Å². The average molecular weight is 284 g/mol. The van der Waals surface area contributed by atoms with Crippen LogP contribution in [0.25, 0.3) is 0 Å². The molecular formula is C12H13FN2O5. The van der Waals surface area contributed by atoms with Crippen LogP contribution in [0.2, 0.25) is 0 Å². The Morgan fingerprint density at radius 2 is 2.30 bits per heavy atom. The van der Waals surface area contributed by atoms with E-state index in [-0.39, 0.29) is 24.0 Å². The van der Waals surface area contributed by atoms with Crippen molar-refractivity contribution in [2.24, 2.45) is 0 Å². The molecule has 20 heavy (non-hydrogen) atoms. The lowest BCUT2D eigenvalue weighted by atomic mass is 10.2. The maximum Gasteiger partial charge on any atom is 0.332 e. The minimum absolute atomic E-state index is 0.0531. The zero-order valence-corrected chi connectivity index (χ0v) is 10.4. The van der Waals surface area contributed by atoms with Crippen molar-refractivity contribution < 1.29 is 24.0 Å². The minimum Gasteiger partial charge on any atom is -0.479 e. The molecule has 1 fully saturated rings. The number of aliphatic carboxylic acids is 1. The number of carboxylic acid groups (broad SMARTS) is 1. The predicted molar refractivity (Wildman–Crippen MR) is 67.1 cm³/mol. The Balaban J connectivity index is 1.99. The highest BCUT2D eigenvalue weighted by atomic mass is 19.1. The molecule has 0 saturated carbocycles. The first kappa shape index (κ1) is 14.2. The molecule has 1 saturated heterocycles. The highest BCUT2D eigenvalue weighted by Crippen LogP contribution is 2.26. The molecule has 108 valence electrons. The average Bonchev–Trinajstić information content (AvgIpc) is 2.85. The first-order valence-corrected chi connectivity index (χ1v) is 6.03. The van der Waals surface area contributed by atoms with E-state index in [0.717, 1.165) is 18.2 Å². The maximum absolute atomic E-state index is 13.1. The Bertz CT molecular complexity index is 537. The quantitative estimate of drug-likeness (QED) is 0.631. The summed E-state index contributed by atoms with van der Waals surface area (Å²) in [5.74, 6) is -1.61. The molecule has 2 atom stereocenters. The predicted octanol–water partition coefficient (Wildman–Crippen LogP) is 1.78. The third-order valence-electron chi connectivity index (χ3n) is 3.06. The molecule has 1 aliphatic rings. The Labute approximate surface area is 113 Å². The van der Waals surface area contributed by atoms with Gasteiger partial charge in [-0.2, -0.15) is 0 Å². The van der Waals surface area contributed by atoms with Crippen LogP contribution in [0.5, 0.6) is 0 Å². The van der Waals surface area contributed by atoms with Crippen LogP contribution >= 0.6 is 0 Å². The lowest BCUT2D eigenvalue weighted by Gasteiger charge is -2.13. The van der Waals surface area contributed by atoms with E-state index >= 15 is 0 Å². The van der Waals surface area contributed by atoms with Gasteiger partial charge in [-0.1, -0.05) is 0 Å². The first-order chi connectivity index (χ1) is 9.47. The fraction of sp³-hybridized carbons (Fsp3) is 0.417. The number of nitrogens with one attached hydrogen (secondary N) is 1. The van der Waals surface area contributed by atoms with E-state index in [1.54, 1.807) is 0 Å². The second-order valence-corrected chi connectivity index (χ2v) is 4.46. The van der Waals surface area contributed by atoms with Crippen molar-refractivity contribution in [2.75, 3.05) is 11.9 Å². The van der Waals surface area contributed by atoms with Gasteiger partial charge in [0, 0.05) is 18.7 Å². The molecule has 1 aliphatic heterocycles. The summed E-state index contributed by atoms with van der Waals surface area (Å²) in [6.45, 7) is 0.189. The number of carbonyl (C=O) groups is 1. The van der Waals surface area contributed by atoms with Crippen molar-refractivity contribution in [1.29, 1.82) is 0 Å². The van der Waals surface area contributed by atoms with Crippen LogP contribution in [-0.4, -0.2) is 34.8 Å². The van der Waals surface area contributed by atoms with Crippen molar-refractivity contribution in [3.63, 3.8) is 0 Å². The zero-order valence-electron chi connectivity index (χ0n) is 10.4. The number of nitro benzene ring substituents is 1. The van der Waals surface area contributed by atoms with Crippen molar-refractivity contribution in [3.05, 3.63) is 34.1 Å². The number of nitrogens with zero attached hydrogens (tertiary/aromatic N) is 1. The van der Waals surface area contributed by atoms with Crippen LogP contribution in [0.4, 0.5) is 15.8 Å². The van der Waals surface area contributed by atoms with Crippen molar-refractivity contribution in [3.8, 4) is 0 Å². The standard InChI is InChI=1S/C12H13FN2O5/c13-7-1-3-10(15(18)19)9(5-7)14-6-8-2-4-11(20-8)12(16)17/h1,3,5,8,11,14H,2,4,6H2,(H,16,17). The van der Waals surface area contributed by atoms with Gasteiger partial charge in [-0.3, -0.25) is 10.1 Å². The highest BCUT2D eigenvalue weighted by molar-refractivity contribution is 5.72. The Morgan fingerprint density at radius 3 is 2.90 bits per heavy atom. The van der Waals surface area contributed by atoms with Crippen molar-refractivity contribution >= 4 is 17.3 Å². The van der Waals surface area contributed by atoms with E-state index in [4.69, 9.17) is 9.84 Å². The molecular weight excluding hydrogens is 271 g/mol. The zero-order chi connectivity index (χ0) is 14.7. The molecule has 0 aliphatic carbocycles. The number of halogens is 1. The summed E-state index contributed by atoms with van der Waals surface area (Å²) >= 11 is 0. The monoisotopic (exact) mass is 284 g/mol. The molecule has 0 bridgehead atoms. The molecule has 7 nitrogen and oxygen atoms in total. The number of anilines is 1. The van der Waals surface area contributed by atoms with E-state index in [9.17, 15) is 19.3 Å². The first-order valence-electron chi connectivity index (χ1n) is 6.03. The topological polar surface area (TPSA) is 102 Å². The van der Waals surface area contributed by atoms with Gasteiger partial charge in [-0.25, -0.2) is 9.18 Å². The number of carboxylic acids is 1. The summed E-state index contributed by atoms with van der Waals surface area (Å²) in [6, 6.07) is 3.12. The number of rotatable bonds is 5. The normalized spacial score (nSPS) is 21.6. The molecule has 2 unspecified atom stereocenters. The molecule has 1 heterocycles. The number of ether oxygens (including phenoxy) is 1. The molecule has 0 amide bonds. The Morgan fingerprint density at radius 1 is 1.55 bits per heavy atom. The molecule has 2 N–H and O–H groups in total. The van der Waals surface area contributed by atoms with E-state index in [2.05, 4.69) is 5.32 Å². The second-order valence-electron chi connectivity index (χ2n) is 4.46. The van der Waals surface area contributed by atoms with E-state index in [1.807, 2.05) is 0 Å². The van der Waals surface area contributed by atoms with Gasteiger partial charge in [0.05, 0.1) is 11.0 Å². The van der Waals surface area contributed by atoms with Gasteiger partial charge in [0.2, 0.25) is 0 Å². The van der Waals surface area contributed by atoms with Crippen molar-refractivity contribution in [2.45, 2.75) is 25.0 Å². The number of nitro groups is 1. The SMILES string of the molecule is O=C(O)C1CCC(CNc2cc(F)ccc2[N+](=O)[O-])O1.